The number of anilines is 1. The monoisotopic (exact) mass is 443 g/mol. The van der Waals surface area contributed by atoms with E-state index in [1.807, 2.05) is 7.05 Å². The Morgan fingerprint density at radius 1 is 1.25 bits per heavy atom. The van der Waals surface area contributed by atoms with E-state index in [1.54, 1.807) is 0 Å². The predicted molar refractivity (Wildman–Crippen MR) is 93.2 cm³/mol. The Morgan fingerprint density at radius 3 is 2.55 bits per heavy atom. The van der Waals surface area contributed by atoms with E-state index in [0.717, 1.165) is 22.5 Å². The molecule has 0 bridgehead atoms. The molecule has 0 radical (unpaired) electrons. The molecular weight excluding hydrogens is 429 g/mol. The van der Waals surface area contributed by atoms with Gasteiger partial charge in [0, 0.05) is 23.9 Å². The van der Waals surface area contributed by atoms with Crippen LogP contribution in [0.25, 0.3) is 0 Å². The van der Waals surface area contributed by atoms with Crippen LogP contribution in [0.1, 0.15) is 35.8 Å². The molecule has 1 aliphatic carbocycles. The van der Waals surface area contributed by atoms with E-state index < -0.39 is 0 Å². The average Bonchev–Trinajstić information content (AvgIpc) is 3.27. The van der Waals surface area contributed by atoms with Crippen LogP contribution in [0, 0.1) is 3.57 Å². The van der Waals surface area contributed by atoms with E-state index in [-0.39, 0.29) is 0 Å². The number of hydrogen-bond donors (Lipinski definition) is 1. The van der Waals surface area contributed by atoms with Crippen LogP contribution in [0.4, 0.5) is 5.82 Å². The van der Waals surface area contributed by atoms with Gasteiger partial charge in [-0.05, 0) is 53.1 Å². The summed E-state index contributed by atoms with van der Waals surface area (Å²) in [5, 5.41) is 3.19. The number of aromatic nitrogens is 2. The van der Waals surface area contributed by atoms with Gasteiger partial charge in [0.05, 0.1) is 9.26 Å². The summed E-state index contributed by atoms with van der Waals surface area (Å²) in [7, 11) is 1.92. The van der Waals surface area contributed by atoms with Crippen LogP contribution in [0.3, 0.4) is 0 Å². The van der Waals surface area contributed by atoms with Crippen LogP contribution < -0.4 is 5.32 Å². The molecule has 0 unspecified atom stereocenters. The van der Waals surface area contributed by atoms with Crippen LogP contribution in [-0.2, 0) is 6.42 Å². The Labute approximate surface area is 140 Å². The second-order valence-corrected chi connectivity index (χ2v) is 7.01. The van der Waals surface area contributed by atoms with Crippen LogP contribution in [0.15, 0.2) is 28.7 Å². The lowest BCUT2D eigenvalue weighted by atomic mass is 10.1. The maximum atomic E-state index is 4.79. The lowest BCUT2D eigenvalue weighted by Crippen LogP contribution is -2.07. The maximum Gasteiger partial charge on any atom is 0.143 e. The van der Waals surface area contributed by atoms with Gasteiger partial charge in [0.15, 0.2) is 0 Å². The molecule has 0 amide bonds. The number of nitrogens with one attached hydrogen (secondary N) is 1. The number of benzene rings is 1. The molecule has 5 heteroatoms. The molecule has 1 fully saturated rings. The van der Waals surface area contributed by atoms with Gasteiger partial charge in [0.2, 0.25) is 0 Å². The standard InChI is InChI=1S/C15H15BrIN3/c1-18-15-13(17)14(10-4-5-10)19-12(20-15)8-9-2-6-11(16)7-3-9/h2-3,6-7,10H,4-5,8H2,1H3,(H,18,19,20). The highest BCUT2D eigenvalue weighted by Gasteiger charge is 2.29. The molecular formula is C15H15BrIN3. The van der Waals surface area contributed by atoms with Gasteiger partial charge in [0.1, 0.15) is 11.6 Å². The van der Waals surface area contributed by atoms with E-state index >= 15 is 0 Å². The van der Waals surface area contributed by atoms with E-state index in [0.29, 0.717) is 5.92 Å². The first-order chi connectivity index (χ1) is 9.67. The molecule has 1 aromatic heterocycles. The van der Waals surface area contributed by atoms with Crippen LogP contribution in [0.5, 0.6) is 0 Å². The van der Waals surface area contributed by atoms with Gasteiger partial charge in [-0.1, -0.05) is 28.1 Å². The van der Waals surface area contributed by atoms with E-state index in [9.17, 15) is 0 Å². The number of hydrogen-bond acceptors (Lipinski definition) is 3. The highest BCUT2D eigenvalue weighted by atomic mass is 127. The van der Waals surface area contributed by atoms with Gasteiger partial charge in [-0.15, -0.1) is 0 Å². The molecule has 1 saturated carbocycles. The van der Waals surface area contributed by atoms with E-state index in [2.05, 4.69) is 73.1 Å². The van der Waals surface area contributed by atoms with Gasteiger partial charge in [-0.2, -0.15) is 0 Å². The van der Waals surface area contributed by atoms with Crippen molar-refractivity contribution in [1.29, 1.82) is 0 Å². The van der Waals surface area contributed by atoms with Crippen LogP contribution in [-0.4, -0.2) is 17.0 Å². The normalized spacial score (nSPS) is 14.3. The van der Waals surface area contributed by atoms with Crippen molar-refractivity contribution in [2.24, 2.45) is 0 Å². The van der Waals surface area contributed by atoms with Gasteiger partial charge < -0.3 is 5.32 Å². The first kappa shape index (κ1) is 14.3. The third kappa shape index (κ3) is 3.14. The zero-order valence-corrected chi connectivity index (χ0v) is 14.9. The first-order valence-corrected chi connectivity index (χ1v) is 8.53. The SMILES string of the molecule is CNc1nc(Cc2ccc(Br)cc2)nc(C2CC2)c1I. The fourth-order valence-electron chi connectivity index (χ4n) is 2.17. The van der Waals surface area contributed by atoms with Crippen molar-refractivity contribution in [2.45, 2.75) is 25.2 Å². The van der Waals surface area contributed by atoms with Crippen molar-refractivity contribution in [1.82, 2.24) is 9.97 Å². The van der Waals surface area contributed by atoms with Crippen molar-refractivity contribution in [2.75, 3.05) is 12.4 Å². The molecule has 20 heavy (non-hydrogen) atoms. The zero-order valence-electron chi connectivity index (χ0n) is 11.2. The Hall–Kier alpha value is -0.690. The second kappa shape index (κ2) is 5.97. The Kier molecular flexibility index (Phi) is 4.26. The van der Waals surface area contributed by atoms with Crippen molar-refractivity contribution in [3.63, 3.8) is 0 Å². The maximum absolute atomic E-state index is 4.79. The van der Waals surface area contributed by atoms with Crippen LogP contribution in [0.2, 0.25) is 0 Å². The van der Waals surface area contributed by atoms with Crippen molar-refractivity contribution in [3.8, 4) is 0 Å². The minimum atomic E-state index is 0.640. The number of rotatable bonds is 4. The Bertz CT molecular complexity index is 624. The van der Waals surface area contributed by atoms with Gasteiger partial charge >= 0.3 is 0 Å². The quantitative estimate of drug-likeness (QED) is 0.713. The lowest BCUT2D eigenvalue weighted by Gasteiger charge is -2.11. The molecule has 104 valence electrons. The summed E-state index contributed by atoms with van der Waals surface area (Å²) < 4.78 is 2.27. The number of nitrogens with zero attached hydrogens (tertiary/aromatic N) is 2. The molecule has 1 heterocycles. The van der Waals surface area contributed by atoms with E-state index in [4.69, 9.17) is 4.98 Å². The summed E-state index contributed by atoms with van der Waals surface area (Å²) in [5.41, 5.74) is 2.45. The van der Waals surface area contributed by atoms with Crippen LogP contribution >= 0.6 is 38.5 Å². The van der Waals surface area contributed by atoms with Gasteiger partial charge in [-0.25, -0.2) is 9.97 Å². The van der Waals surface area contributed by atoms with Gasteiger partial charge in [0.25, 0.3) is 0 Å². The molecule has 3 rings (SSSR count). The van der Waals surface area contributed by atoms with Crippen molar-refractivity contribution < 1.29 is 0 Å². The molecule has 1 N–H and O–H groups in total. The molecule has 0 spiro atoms. The second-order valence-electron chi connectivity index (χ2n) is 5.02. The smallest absolute Gasteiger partial charge is 0.143 e. The molecule has 3 nitrogen and oxygen atoms in total. The van der Waals surface area contributed by atoms with Crippen molar-refractivity contribution in [3.05, 3.63) is 49.4 Å². The largest absolute Gasteiger partial charge is 0.372 e. The summed E-state index contributed by atoms with van der Waals surface area (Å²) in [6.45, 7) is 0. The Balaban J connectivity index is 1.92. The minimum Gasteiger partial charge on any atom is -0.372 e. The summed E-state index contributed by atoms with van der Waals surface area (Å²) in [6, 6.07) is 8.34. The topological polar surface area (TPSA) is 37.8 Å². The molecule has 0 aliphatic heterocycles. The average molecular weight is 444 g/mol. The lowest BCUT2D eigenvalue weighted by molar-refractivity contribution is 0.891. The first-order valence-electron chi connectivity index (χ1n) is 6.66. The Morgan fingerprint density at radius 2 is 1.95 bits per heavy atom. The fraction of sp³-hybridized carbons (Fsp3) is 0.333. The van der Waals surface area contributed by atoms with E-state index in [1.165, 1.54) is 27.7 Å². The third-order valence-corrected chi connectivity index (χ3v) is 4.99. The molecule has 0 atom stereocenters. The fourth-order valence-corrected chi connectivity index (χ4v) is 3.39. The molecule has 1 aromatic carbocycles. The summed E-state index contributed by atoms with van der Waals surface area (Å²) in [6.07, 6.45) is 3.29. The zero-order chi connectivity index (χ0) is 14.1. The minimum absolute atomic E-state index is 0.640. The highest BCUT2D eigenvalue weighted by Crippen LogP contribution is 2.42. The summed E-state index contributed by atoms with van der Waals surface area (Å²) in [4.78, 5) is 9.43. The van der Waals surface area contributed by atoms with Crippen molar-refractivity contribution >= 4 is 44.3 Å². The summed E-state index contributed by atoms with van der Waals surface area (Å²) >= 11 is 5.81. The predicted octanol–water partition coefficient (Wildman–Crippen LogP) is 4.35. The summed E-state index contributed by atoms with van der Waals surface area (Å²) in [5.74, 6) is 2.49. The molecule has 0 saturated heterocycles. The number of halogens is 2. The van der Waals surface area contributed by atoms with Gasteiger partial charge in [-0.3, -0.25) is 0 Å². The third-order valence-electron chi connectivity index (χ3n) is 3.40. The molecule has 1 aliphatic rings. The highest BCUT2D eigenvalue weighted by molar-refractivity contribution is 14.1. The molecule has 2 aromatic rings.